The van der Waals surface area contributed by atoms with Crippen molar-refractivity contribution in [2.24, 2.45) is 0 Å². The van der Waals surface area contributed by atoms with Gasteiger partial charge in [-0.15, -0.1) is 11.8 Å². The lowest BCUT2D eigenvalue weighted by atomic mass is 10.0. The van der Waals surface area contributed by atoms with E-state index in [1.165, 1.54) is 16.7 Å². The first-order valence-electron chi connectivity index (χ1n) is 8.32. The Hall–Kier alpha value is -2.60. The maximum Gasteiger partial charge on any atom is 0.268 e. The molecule has 0 aliphatic carbocycles. The third kappa shape index (κ3) is 3.51. The molecule has 1 aromatic heterocycles. The fourth-order valence-electron chi connectivity index (χ4n) is 2.81. The van der Waals surface area contributed by atoms with Crippen LogP contribution in [0.15, 0.2) is 53.7 Å². The van der Waals surface area contributed by atoms with Gasteiger partial charge in [-0.05, 0) is 17.7 Å². The van der Waals surface area contributed by atoms with Crippen LogP contribution < -0.4 is 4.74 Å². The van der Waals surface area contributed by atoms with Crippen molar-refractivity contribution in [2.75, 3.05) is 7.11 Å². The number of aromatic nitrogens is 1. The molecule has 0 unspecified atom stereocenters. The minimum atomic E-state index is -0.300. The molecule has 0 spiro atoms. The van der Waals surface area contributed by atoms with Gasteiger partial charge in [0.15, 0.2) is 0 Å². The van der Waals surface area contributed by atoms with Gasteiger partial charge in [-0.25, -0.2) is 0 Å². The molecule has 0 bridgehead atoms. The highest BCUT2D eigenvalue weighted by atomic mass is 32.2. The zero-order valence-corrected chi connectivity index (χ0v) is 15.7. The fraction of sp³-hybridized carbons (Fsp3) is 0.250. The SMILES string of the molecule is COc1ccccc1C1=C(SC(C)C)C(=O)N(Cc2cccnc2)C1=O. The lowest BCUT2D eigenvalue weighted by Crippen LogP contribution is -2.31. The van der Waals surface area contributed by atoms with Gasteiger partial charge in [0, 0.05) is 23.2 Å². The van der Waals surface area contributed by atoms with E-state index in [1.807, 2.05) is 38.1 Å². The molecule has 2 amide bonds. The number of amides is 2. The number of thioether (sulfide) groups is 1. The number of pyridine rings is 1. The average molecular weight is 368 g/mol. The van der Waals surface area contributed by atoms with Gasteiger partial charge in [-0.2, -0.15) is 0 Å². The highest BCUT2D eigenvalue weighted by molar-refractivity contribution is 8.04. The van der Waals surface area contributed by atoms with Gasteiger partial charge in [-0.3, -0.25) is 19.5 Å². The Balaban J connectivity index is 2.04. The third-order valence-electron chi connectivity index (χ3n) is 3.92. The van der Waals surface area contributed by atoms with E-state index in [0.717, 1.165) is 5.56 Å². The highest BCUT2D eigenvalue weighted by Gasteiger charge is 2.40. The Morgan fingerprint density at radius 2 is 1.88 bits per heavy atom. The van der Waals surface area contributed by atoms with Gasteiger partial charge in [0.05, 0.1) is 24.1 Å². The Bertz CT molecular complexity index is 862. The van der Waals surface area contributed by atoms with Crippen LogP contribution in [0.1, 0.15) is 25.0 Å². The lowest BCUT2D eigenvalue weighted by molar-refractivity contribution is -0.137. The van der Waals surface area contributed by atoms with Crippen LogP contribution in [0.3, 0.4) is 0 Å². The number of hydrogen-bond donors (Lipinski definition) is 0. The van der Waals surface area contributed by atoms with E-state index in [2.05, 4.69) is 4.98 Å². The molecule has 2 aromatic rings. The second-order valence-corrected chi connectivity index (χ2v) is 7.72. The summed E-state index contributed by atoms with van der Waals surface area (Å²) in [6.45, 7) is 4.20. The molecule has 0 saturated heterocycles. The molecule has 0 atom stereocenters. The number of rotatable bonds is 6. The number of imide groups is 1. The predicted octanol–water partition coefficient (Wildman–Crippen LogP) is 3.51. The smallest absolute Gasteiger partial charge is 0.268 e. The molecule has 134 valence electrons. The van der Waals surface area contributed by atoms with E-state index < -0.39 is 0 Å². The number of hydrogen-bond acceptors (Lipinski definition) is 5. The van der Waals surface area contributed by atoms with Crippen LogP contribution in [-0.2, 0) is 16.1 Å². The van der Waals surface area contributed by atoms with Crippen LogP contribution in [0.4, 0.5) is 0 Å². The molecule has 6 heteroatoms. The largest absolute Gasteiger partial charge is 0.496 e. The van der Waals surface area contributed by atoms with Crippen molar-refractivity contribution < 1.29 is 14.3 Å². The normalized spacial score (nSPS) is 14.5. The summed E-state index contributed by atoms with van der Waals surface area (Å²) >= 11 is 1.41. The molecular formula is C20H20N2O3S. The summed E-state index contributed by atoms with van der Waals surface area (Å²) in [7, 11) is 1.56. The Labute approximate surface area is 157 Å². The van der Waals surface area contributed by atoms with Crippen LogP contribution in [0.5, 0.6) is 5.75 Å². The summed E-state index contributed by atoms with van der Waals surface area (Å²) < 4.78 is 5.41. The zero-order valence-electron chi connectivity index (χ0n) is 14.9. The van der Waals surface area contributed by atoms with Crippen LogP contribution in [0.25, 0.3) is 5.57 Å². The zero-order chi connectivity index (χ0) is 18.7. The summed E-state index contributed by atoms with van der Waals surface area (Å²) in [4.78, 5) is 32.0. The Kier molecular flexibility index (Phi) is 5.42. The predicted molar refractivity (Wildman–Crippen MR) is 102 cm³/mol. The number of nitrogens with zero attached hydrogens (tertiary/aromatic N) is 2. The topological polar surface area (TPSA) is 59.5 Å². The molecule has 0 radical (unpaired) electrons. The number of para-hydroxylation sites is 1. The first kappa shape index (κ1) is 18.2. The average Bonchev–Trinajstić information content (AvgIpc) is 2.86. The first-order chi connectivity index (χ1) is 12.5. The maximum absolute atomic E-state index is 13.1. The molecule has 1 aromatic carbocycles. The second kappa shape index (κ2) is 7.74. The summed E-state index contributed by atoms with van der Waals surface area (Å²) in [6, 6.07) is 10.9. The van der Waals surface area contributed by atoms with E-state index in [4.69, 9.17) is 4.74 Å². The number of ether oxygens (including phenoxy) is 1. The third-order valence-corrected chi connectivity index (χ3v) is 5.00. The van der Waals surface area contributed by atoms with Crippen molar-refractivity contribution in [1.82, 2.24) is 9.88 Å². The quantitative estimate of drug-likeness (QED) is 0.730. The molecule has 1 aliphatic rings. The van der Waals surface area contributed by atoms with Crippen LogP contribution in [-0.4, -0.2) is 34.1 Å². The molecule has 2 heterocycles. The molecule has 3 rings (SSSR count). The van der Waals surface area contributed by atoms with Crippen molar-refractivity contribution >= 4 is 29.1 Å². The maximum atomic E-state index is 13.1. The Morgan fingerprint density at radius 1 is 1.12 bits per heavy atom. The molecule has 0 fully saturated rings. The van der Waals surface area contributed by atoms with Gasteiger partial charge < -0.3 is 4.74 Å². The molecule has 0 N–H and O–H groups in total. The van der Waals surface area contributed by atoms with Crippen molar-refractivity contribution in [2.45, 2.75) is 25.6 Å². The number of carbonyl (C=O) groups is 2. The summed E-state index contributed by atoms with van der Waals surface area (Å²) in [5.74, 6) is 0.0127. The van der Waals surface area contributed by atoms with E-state index in [0.29, 0.717) is 21.8 Å². The van der Waals surface area contributed by atoms with Gasteiger partial charge in [0.25, 0.3) is 11.8 Å². The van der Waals surface area contributed by atoms with E-state index in [-0.39, 0.29) is 23.6 Å². The van der Waals surface area contributed by atoms with Crippen LogP contribution >= 0.6 is 11.8 Å². The summed E-state index contributed by atoms with van der Waals surface area (Å²) in [6.07, 6.45) is 3.33. The molecular weight excluding hydrogens is 348 g/mol. The minimum Gasteiger partial charge on any atom is -0.496 e. The second-order valence-electron chi connectivity index (χ2n) is 6.13. The minimum absolute atomic E-state index is 0.171. The summed E-state index contributed by atoms with van der Waals surface area (Å²) in [5, 5.41) is 0.171. The fourth-order valence-corrected chi connectivity index (χ4v) is 3.80. The lowest BCUT2D eigenvalue weighted by Gasteiger charge is -2.15. The van der Waals surface area contributed by atoms with E-state index >= 15 is 0 Å². The molecule has 26 heavy (non-hydrogen) atoms. The molecule has 0 saturated carbocycles. The van der Waals surface area contributed by atoms with Crippen molar-refractivity contribution in [3.63, 3.8) is 0 Å². The van der Waals surface area contributed by atoms with Gasteiger partial charge >= 0.3 is 0 Å². The molecule has 5 nitrogen and oxygen atoms in total. The van der Waals surface area contributed by atoms with Gasteiger partial charge in [-0.1, -0.05) is 38.1 Å². The molecule has 1 aliphatic heterocycles. The van der Waals surface area contributed by atoms with Crippen molar-refractivity contribution in [1.29, 1.82) is 0 Å². The van der Waals surface area contributed by atoms with Crippen LogP contribution in [0, 0.1) is 0 Å². The van der Waals surface area contributed by atoms with E-state index in [1.54, 1.807) is 31.6 Å². The van der Waals surface area contributed by atoms with Crippen molar-refractivity contribution in [3.05, 3.63) is 64.8 Å². The number of carbonyl (C=O) groups excluding carboxylic acids is 2. The first-order valence-corrected chi connectivity index (χ1v) is 9.20. The number of methoxy groups -OCH3 is 1. The number of benzene rings is 1. The monoisotopic (exact) mass is 368 g/mol. The van der Waals surface area contributed by atoms with E-state index in [9.17, 15) is 9.59 Å². The Morgan fingerprint density at radius 3 is 2.54 bits per heavy atom. The van der Waals surface area contributed by atoms with Crippen LogP contribution in [0.2, 0.25) is 0 Å². The van der Waals surface area contributed by atoms with Gasteiger partial charge in [0.2, 0.25) is 0 Å². The highest BCUT2D eigenvalue weighted by Crippen LogP contribution is 2.41. The van der Waals surface area contributed by atoms with Gasteiger partial charge in [0.1, 0.15) is 5.75 Å². The standard InChI is InChI=1S/C20H20N2O3S/c1-13(2)26-18-17(15-8-4-5-9-16(15)25-3)19(23)22(20(18)24)12-14-7-6-10-21-11-14/h4-11,13H,12H2,1-3H3. The van der Waals surface area contributed by atoms with Crippen molar-refractivity contribution in [3.8, 4) is 5.75 Å². The summed E-state index contributed by atoms with van der Waals surface area (Å²) in [5.41, 5.74) is 1.87.